The molecule has 0 fully saturated rings. The van der Waals surface area contributed by atoms with Crippen molar-refractivity contribution in [1.29, 1.82) is 0 Å². The van der Waals surface area contributed by atoms with Crippen molar-refractivity contribution in [3.8, 4) is 0 Å². The summed E-state index contributed by atoms with van der Waals surface area (Å²) in [5.41, 5.74) is 3.60. The van der Waals surface area contributed by atoms with Crippen LogP contribution >= 0.6 is 0 Å². The molecular formula is C17H27NO. The van der Waals surface area contributed by atoms with E-state index in [1.165, 1.54) is 11.1 Å². The van der Waals surface area contributed by atoms with E-state index in [4.69, 9.17) is 0 Å². The summed E-state index contributed by atoms with van der Waals surface area (Å²) in [6.45, 7) is 12.8. The van der Waals surface area contributed by atoms with Gasteiger partial charge in [-0.1, -0.05) is 45.9 Å². The van der Waals surface area contributed by atoms with Crippen LogP contribution in [0.2, 0.25) is 0 Å². The van der Waals surface area contributed by atoms with Gasteiger partial charge in [-0.25, -0.2) is 0 Å². The van der Waals surface area contributed by atoms with Crippen LogP contribution in [0.15, 0.2) is 18.2 Å². The number of rotatable bonds is 5. The average Bonchev–Trinajstić information content (AvgIpc) is 2.30. The first kappa shape index (κ1) is 15.7. The highest BCUT2D eigenvalue weighted by Gasteiger charge is 2.19. The first-order valence-electron chi connectivity index (χ1n) is 7.16. The Hall–Kier alpha value is -1.31. The van der Waals surface area contributed by atoms with Gasteiger partial charge in [-0.3, -0.25) is 4.79 Å². The third-order valence-corrected chi connectivity index (χ3v) is 3.70. The number of benzene rings is 1. The highest BCUT2D eigenvalue weighted by molar-refractivity contribution is 5.79. The lowest BCUT2D eigenvalue weighted by atomic mass is 9.93. The molecule has 0 atom stereocenters. The van der Waals surface area contributed by atoms with E-state index in [2.05, 4.69) is 59.0 Å². The van der Waals surface area contributed by atoms with Crippen LogP contribution in [-0.2, 0) is 11.2 Å². The average molecular weight is 261 g/mol. The number of carbonyl (C=O) groups excluding carboxylic acids is 1. The van der Waals surface area contributed by atoms with Gasteiger partial charge in [-0.15, -0.1) is 0 Å². The lowest BCUT2D eigenvalue weighted by molar-refractivity contribution is -0.121. The molecule has 0 aliphatic heterocycles. The van der Waals surface area contributed by atoms with Gasteiger partial charge in [0.25, 0.3) is 0 Å². The predicted molar refractivity (Wildman–Crippen MR) is 81.2 cm³/mol. The number of hydrogen-bond acceptors (Lipinski definition) is 1. The van der Waals surface area contributed by atoms with Crippen molar-refractivity contribution in [3.05, 3.63) is 34.9 Å². The Morgan fingerprint density at radius 2 is 1.63 bits per heavy atom. The maximum Gasteiger partial charge on any atom is 0.224 e. The van der Waals surface area contributed by atoms with Gasteiger partial charge in [0.1, 0.15) is 0 Å². The van der Waals surface area contributed by atoms with Gasteiger partial charge < -0.3 is 5.32 Å². The molecule has 0 saturated heterocycles. The van der Waals surface area contributed by atoms with Crippen molar-refractivity contribution in [2.75, 3.05) is 0 Å². The Morgan fingerprint density at radius 1 is 1.05 bits per heavy atom. The summed E-state index contributed by atoms with van der Waals surface area (Å²) in [6.07, 6.45) is 0.469. The van der Waals surface area contributed by atoms with Crippen LogP contribution in [0.3, 0.4) is 0 Å². The van der Waals surface area contributed by atoms with Gasteiger partial charge in [0.2, 0.25) is 5.91 Å². The number of carbonyl (C=O) groups is 1. The van der Waals surface area contributed by atoms with E-state index in [1.807, 2.05) is 6.07 Å². The Kier molecular flexibility index (Phi) is 5.59. The van der Waals surface area contributed by atoms with Crippen LogP contribution in [-0.4, -0.2) is 11.9 Å². The highest BCUT2D eigenvalue weighted by atomic mass is 16.1. The molecule has 0 radical (unpaired) electrons. The van der Waals surface area contributed by atoms with Crippen LogP contribution < -0.4 is 5.32 Å². The van der Waals surface area contributed by atoms with E-state index >= 15 is 0 Å². The van der Waals surface area contributed by atoms with Crippen molar-refractivity contribution in [3.63, 3.8) is 0 Å². The second kappa shape index (κ2) is 6.74. The third-order valence-electron chi connectivity index (χ3n) is 3.70. The summed E-state index contributed by atoms with van der Waals surface area (Å²) < 4.78 is 0. The van der Waals surface area contributed by atoms with E-state index < -0.39 is 0 Å². The molecule has 19 heavy (non-hydrogen) atoms. The van der Waals surface area contributed by atoms with Crippen molar-refractivity contribution in [2.45, 2.75) is 54.0 Å². The summed E-state index contributed by atoms with van der Waals surface area (Å²) in [7, 11) is 0. The fourth-order valence-corrected chi connectivity index (χ4v) is 2.44. The Balaban J connectivity index is 2.66. The molecule has 1 aromatic rings. The minimum Gasteiger partial charge on any atom is -0.353 e. The Morgan fingerprint density at radius 3 is 2.11 bits per heavy atom. The van der Waals surface area contributed by atoms with Crippen LogP contribution in [0.4, 0.5) is 0 Å². The lowest BCUT2D eigenvalue weighted by Gasteiger charge is -2.26. The van der Waals surface area contributed by atoms with Crippen LogP contribution in [0.1, 0.15) is 44.4 Å². The maximum atomic E-state index is 12.1. The normalized spacial score (nSPS) is 11.4. The number of nitrogens with one attached hydrogen (secondary N) is 1. The summed E-state index contributed by atoms with van der Waals surface area (Å²) in [5, 5.41) is 3.16. The molecule has 0 spiro atoms. The standard InChI is InChI=1S/C17H27NO/c1-11(2)17(12(3)4)18-16(19)10-15-8-7-13(5)14(6)9-15/h7-9,11-12,17H,10H2,1-6H3,(H,18,19). The topological polar surface area (TPSA) is 29.1 Å². The Bertz CT molecular complexity index is 427. The SMILES string of the molecule is Cc1ccc(CC(=O)NC(C(C)C)C(C)C)cc1C. The summed E-state index contributed by atoms with van der Waals surface area (Å²) >= 11 is 0. The van der Waals surface area contributed by atoms with Crippen molar-refractivity contribution >= 4 is 5.91 Å². The largest absolute Gasteiger partial charge is 0.353 e. The summed E-state index contributed by atoms with van der Waals surface area (Å²) in [6, 6.07) is 6.48. The number of hydrogen-bond donors (Lipinski definition) is 1. The maximum absolute atomic E-state index is 12.1. The predicted octanol–water partition coefficient (Wildman–Crippen LogP) is 3.64. The number of aryl methyl sites for hydroxylation is 2. The summed E-state index contributed by atoms with van der Waals surface area (Å²) in [5.74, 6) is 1.04. The molecule has 2 nitrogen and oxygen atoms in total. The molecular weight excluding hydrogens is 234 g/mol. The van der Waals surface area contributed by atoms with Crippen LogP contribution in [0, 0.1) is 25.7 Å². The molecule has 1 amide bonds. The monoisotopic (exact) mass is 261 g/mol. The number of amides is 1. The van der Waals surface area contributed by atoms with Crippen molar-refractivity contribution in [1.82, 2.24) is 5.32 Å². The van der Waals surface area contributed by atoms with Crippen molar-refractivity contribution in [2.24, 2.45) is 11.8 Å². The minimum absolute atomic E-state index is 0.121. The van der Waals surface area contributed by atoms with Gasteiger partial charge in [0.15, 0.2) is 0 Å². The molecule has 0 bridgehead atoms. The van der Waals surface area contributed by atoms with Crippen LogP contribution in [0.25, 0.3) is 0 Å². The molecule has 0 heterocycles. The van der Waals surface area contributed by atoms with Crippen molar-refractivity contribution < 1.29 is 4.79 Å². The van der Waals surface area contributed by atoms with Gasteiger partial charge in [0.05, 0.1) is 6.42 Å². The molecule has 0 aliphatic rings. The highest BCUT2D eigenvalue weighted by Crippen LogP contribution is 2.13. The first-order valence-corrected chi connectivity index (χ1v) is 7.16. The molecule has 0 aliphatic carbocycles. The fourth-order valence-electron chi connectivity index (χ4n) is 2.44. The zero-order valence-electron chi connectivity index (χ0n) is 13.1. The lowest BCUT2D eigenvalue weighted by Crippen LogP contribution is -2.42. The van der Waals surface area contributed by atoms with Gasteiger partial charge >= 0.3 is 0 Å². The van der Waals surface area contributed by atoms with Crippen LogP contribution in [0.5, 0.6) is 0 Å². The Labute approximate surface area is 117 Å². The van der Waals surface area contributed by atoms with E-state index in [1.54, 1.807) is 0 Å². The van der Waals surface area contributed by atoms with E-state index in [-0.39, 0.29) is 11.9 Å². The van der Waals surface area contributed by atoms with E-state index in [0.29, 0.717) is 18.3 Å². The second-order valence-electron chi connectivity index (χ2n) is 6.18. The van der Waals surface area contributed by atoms with Gasteiger partial charge in [-0.05, 0) is 42.4 Å². The van der Waals surface area contributed by atoms with Gasteiger partial charge in [-0.2, -0.15) is 0 Å². The van der Waals surface area contributed by atoms with Gasteiger partial charge in [0, 0.05) is 6.04 Å². The zero-order chi connectivity index (χ0) is 14.6. The molecule has 106 valence electrons. The molecule has 1 aromatic carbocycles. The fraction of sp³-hybridized carbons (Fsp3) is 0.588. The molecule has 1 N–H and O–H groups in total. The quantitative estimate of drug-likeness (QED) is 0.861. The van der Waals surface area contributed by atoms with E-state index in [0.717, 1.165) is 5.56 Å². The zero-order valence-corrected chi connectivity index (χ0v) is 13.1. The first-order chi connectivity index (χ1) is 8.81. The second-order valence-corrected chi connectivity index (χ2v) is 6.18. The molecule has 2 heteroatoms. The molecule has 0 unspecified atom stereocenters. The molecule has 1 rings (SSSR count). The smallest absolute Gasteiger partial charge is 0.224 e. The third kappa shape index (κ3) is 4.70. The summed E-state index contributed by atoms with van der Waals surface area (Å²) in [4.78, 5) is 12.1. The molecule has 0 aromatic heterocycles. The van der Waals surface area contributed by atoms with E-state index in [9.17, 15) is 4.79 Å². The minimum atomic E-state index is 0.121. The molecule has 0 saturated carbocycles.